The molecule has 1 saturated heterocycles. The summed E-state index contributed by atoms with van der Waals surface area (Å²) in [6.45, 7) is 8.83. The van der Waals surface area contributed by atoms with Crippen molar-refractivity contribution in [2.24, 2.45) is 0 Å². The maximum atomic E-state index is 13.2. The van der Waals surface area contributed by atoms with Crippen LogP contribution in [-0.2, 0) is 16.1 Å². The number of fused-ring (bicyclic) bond motifs is 1. The van der Waals surface area contributed by atoms with Crippen LogP contribution < -0.4 is 10.6 Å². The van der Waals surface area contributed by atoms with E-state index in [2.05, 4.69) is 39.5 Å². The summed E-state index contributed by atoms with van der Waals surface area (Å²) in [5, 5.41) is 6.10. The van der Waals surface area contributed by atoms with E-state index in [0.29, 0.717) is 61.0 Å². The summed E-state index contributed by atoms with van der Waals surface area (Å²) in [6, 6.07) is 1.77. The van der Waals surface area contributed by atoms with E-state index in [1.807, 2.05) is 29.5 Å². The summed E-state index contributed by atoms with van der Waals surface area (Å²) < 4.78 is 7.09. The first-order valence-corrected chi connectivity index (χ1v) is 12.6. The third-order valence-electron chi connectivity index (χ3n) is 6.37. The zero-order chi connectivity index (χ0) is 26.1. The minimum Gasteiger partial charge on any atom is -0.385 e. The van der Waals surface area contributed by atoms with E-state index in [1.54, 1.807) is 25.4 Å². The summed E-state index contributed by atoms with van der Waals surface area (Å²) >= 11 is 0. The molecule has 1 fully saturated rings. The van der Waals surface area contributed by atoms with Crippen LogP contribution in [0.15, 0.2) is 35.6 Å². The number of carbonyl (C=O) groups is 2. The van der Waals surface area contributed by atoms with Gasteiger partial charge in [-0.2, -0.15) is 0 Å². The van der Waals surface area contributed by atoms with Crippen LogP contribution in [0.3, 0.4) is 0 Å². The number of pyridine rings is 1. The van der Waals surface area contributed by atoms with Crippen molar-refractivity contribution in [3.63, 3.8) is 0 Å². The molecule has 1 aliphatic heterocycles. The number of anilines is 1. The highest BCUT2D eigenvalue weighted by atomic mass is 16.5. The Morgan fingerprint density at radius 3 is 2.61 bits per heavy atom. The van der Waals surface area contributed by atoms with Crippen molar-refractivity contribution in [1.82, 2.24) is 29.7 Å². The number of allylic oxidation sites excluding steroid dienone is 1. The van der Waals surface area contributed by atoms with Crippen molar-refractivity contribution in [3.8, 4) is 0 Å². The molecule has 10 nitrogen and oxygen atoms in total. The Bertz CT molecular complexity index is 1110. The second-order valence-electron chi connectivity index (χ2n) is 8.98. The summed E-state index contributed by atoms with van der Waals surface area (Å²) in [6.07, 6.45) is 6.88. The van der Waals surface area contributed by atoms with E-state index in [4.69, 9.17) is 4.74 Å². The topological polar surface area (TPSA) is 105 Å². The fraction of sp³-hybridized carbons (Fsp3) is 0.538. The number of ether oxygens (including phenoxy) is 1. The zero-order valence-electron chi connectivity index (χ0n) is 22.1. The Hall–Kier alpha value is -3.08. The van der Waals surface area contributed by atoms with E-state index >= 15 is 0 Å². The fourth-order valence-corrected chi connectivity index (χ4v) is 4.17. The lowest BCUT2D eigenvalue weighted by molar-refractivity contribution is -0.112. The van der Waals surface area contributed by atoms with Gasteiger partial charge < -0.3 is 19.9 Å². The molecule has 1 aliphatic rings. The van der Waals surface area contributed by atoms with Crippen LogP contribution in [0.2, 0.25) is 0 Å². The van der Waals surface area contributed by atoms with Crippen molar-refractivity contribution in [1.29, 1.82) is 0 Å². The molecule has 10 heteroatoms. The van der Waals surface area contributed by atoms with E-state index in [9.17, 15) is 9.59 Å². The standard InChI is InChI=1S/C26H39N7O3/c1-6-19(17-27-3)15-20(7-2)24(34)30-26-29-22-16-21(25(35)32-12-10-31(4)11-13-32)18-28-23(22)33(26)9-8-14-36-5/h7,15-16,18,27H,6,8-14,17H2,1-5H3,(H,29,30,34)/b19-15+,20-7+. The van der Waals surface area contributed by atoms with Gasteiger partial charge in [0.15, 0.2) is 5.65 Å². The third kappa shape index (κ3) is 6.77. The molecule has 36 heavy (non-hydrogen) atoms. The van der Waals surface area contributed by atoms with Gasteiger partial charge in [0.05, 0.1) is 5.56 Å². The molecule has 3 rings (SSSR count). The molecular formula is C26H39N7O3. The molecule has 3 heterocycles. The monoisotopic (exact) mass is 497 g/mol. The zero-order valence-corrected chi connectivity index (χ0v) is 22.1. The number of amides is 2. The quantitative estimate of drug-likeness (QED) is 0.279. The Balaban J connectivity index is 1.90. The van der Waals surface area contributed by atoms with Gasteiger partial charge in [0.25, 0.3) is 11.8 Å². The SMILES string of the molecule is C/C=C(\C=C(/CC)CNC)C(=O)Nc1nc2cc(C(=O)N3CCN(C)CC3)cnc2n1CCCOC. The smallest absolute Gasteiger partial charge is 0.257 e. The predicted molar refractivity (Wildman–Crippen MR) is 142 cm³/mol. The number of nitrogens with one attached hydrogen (secondary N) is 2. The Morgan fingerprint density at radius 1 is 1.22 bits per heavy atom. The molecule has 2 aromatic rings. The van der Waals surface area contributed by atoms with E-state index in [1.165, 1.54) is 0 Å². The Morgan fingerprint density at radius 2 is 1.97 bits per heavy atom. The lowest BCUT2D eigenvalue weighted by atomic mass is 10.1. The van der Waals surface area contributed by atoms with Gasteiger partial charge in [-0.05, 0) is 46.0 Å². The number of aryl methyl sites for hydroxylation is 1. The molecule has 0 spiro atoms. The molecule has 0 saturated carbocycles. The van der Waals surface area contributed by atoms with Crippen LogP contribution in [0.5, 0.6) is 0 Å². The molecule has 0 atom stereocenters. The Kier molecular flexibility index (Phi) is 10.2. The average molecular weight is 498 g/mol. The third-order valence-corrected chi connectivity index (χ3v) is 6.37. The van der Waals surface area contributed by atoms with Crippen LogP contribution in [0.4, 0.5) is 5.95 Å². The molecule has 2 aromatic heterocycles. The van der Waals surface area contributed by atoms with Gasteiger partial charge in [0.2, 0.25) is 5.95 Å². The van der Waals surface area contributed by atoms with Crippen molar-refractivity contribution < 1.29 is 14.3 Å². The van der Waals surface area contributed by atoms with Gasteiger partial charge in [0.1, 0.15) is 5.52 Å². The summed E-state index contributed by atoms with van der Waals surface area (Å²) in [7, 11) is 5.60. The number of hydrogen-bond donors (Lipinski definition) is 2. The predicted octanol–water partition coefficient (Wildman–Crippen LogP) is 2.30. The number of imidazole rings is 1. The minimum atomic E-state index is -0.239. The molecule has 0 bridgehead atoms. The molecular weight excluding hydrogens is 458 g/mol. The van der Waals surface area contributed by atoms with Gasteiger partial charge in [-0.1, -0.05) is 18.6 Å². The van der Waals surface area contributed by atoms with Crippen molar-refractivity contribution in [2.75, 3.05) is 65.9 Å². The first-order valence-electron chi connectivity index (χ1n) is 12.6. The lowest BCUT2D eigenvalue weighted by Gasteiger charge is -2.32. The van der Waals surface area contributed by atoms with Crippen LogP contribution >= 0.6 is 0 Å². The van der Waals surface area contributed by atoms with Gasteiger partial charge in [-0.15, -0.1) is 0 Å². The summed E-state index contributed by atoms with van der Waals surface area (Å²) in [5.74, 6) is 0.119. The van der Waals surface area contributed by atoms with Crippen LogP contribution in [0, 0.1) is 0 Å². The first-order chi connectivity index (χ1) is 17.4. The van der Waals surface area contributed by atoms with Crippen LogP contribution in [-0.4, -0.2) is 96.7 Å². The molecule has 196 valence electrons. The maximum Gasteiger partial charge on any atom is 0.257 e. The van der Waals surface area contributed by atoms with Gasteiger partial charge >= 0.3 is 0 Å². The van der Waals surface area contributed by atoms with Gasteiger partial charge in [0, 0.05) is 64.8 Å². The second-order valence-corrected chi connectivity index (χ2v) is 8.98. The largest absolute Gasteiger partial charge is 0.385 e. The van der Waals surface area contributed by atoms with Crippen molar-refractivity contribution in [2.45, 2.75) is 33.2 Å². The van der Waals surface area contributed by atoms with E-state index in [-0.39, 0.29) is 11.8 Å². The maximum absolute atomic E-state index is 13.2. The van der Waals surface area contributed by atoms with Crippen molar-refractivity contribution >= 4 is 28.9 Å². The number of nitrogens with zero attached hydrogens (tertiary/aromatic N) is 5. The van der Waals surface area contributed by atoms with Crippen LogP contribution in [0.25, 0.3) is 11.2 Å². The molecule has 0 unspecified atom stereocenters. The normalized spacial score (nSPS) is 15.5. The number of hydrogen-bond acceptors (Lipinski definition) is 7. The molecule has 0 radical (unpaired) electrons. The molecule has 2 amide bonds. The second kappa shape index (κ2) is 13.3. The number of aromatic nitrogens is 3. The molecule has 2 N–H and O–H groups in total. The van der Waals surface area contributed by atoms with Crippen molar-refractivity contribution in [3.05, 3.63) is 41.1 Å². The number of likely N-dealkylation sites (N-methyl/N-ethyl adjacent to an activating group) is 2. The highest BCUT2D eigenvalue weighted by Crippen LogP contribution is 2.22. The lowest BCUT2D eigenvalue weighted by Crippen LogP contribution is -2.47. The van der Waals surface area contributed by atoms with Gasteiger partial charge in [-0.25, -0.2) is 9.97 Å². The number of methoxy groups -OCH3 is 1. The number of carbonyl (C=O) groups excluding carboxylic acids is 2. The van der Waals surface area contributed by atoms with E-state index < -0.39 is 0 Å². The van der Waals surface area contributed by atoms with E-state index in [0.717, 1.165) is 31.5 Å². The minimum absolute atomic E-state index is 0.0463. The number of rotatable bonds is 11. The first kappa shape index (κ1) is 27.5. The average Bonchev–Trinajstić information content (AvgIpc) is 3.22. The highest BCUT2D eigenvalue weighted by molar-refractivity contribution is 6.05. The summed E-state index contributed by atoms with van der Waals surface area (Å²) in [5.41, 5.74) is 3.39. The van der Waals surface area contributed by atoms with Crippen LogP contribution in [0.1, 0.15) is 37.0 Å². The fourth-order valence-electron chi connectivity index (χ4n) is 4.17. The summed E-state index contributed by atoms with van der Waals surface area (Å²) in [4.78, 5) is 39.5. The number of piperazine rings is 1. The molecule has 0 aromatic carbocycles. The Labute approximate surface area is 213 Å². The highest BCUT2D eigenvalue weighted by Gasteiger charge is 2.23. The molecule has 0 aliphatic carbocycles. The van der Waals surface area contributed by atoms with Gasteiger partial charge in [-0.3, -0.25) is 19.5 Å².